The first kappa shape index (κ1) is 22.8. The van der Waals surface area contributed by atoms with E-state index in [1.54, 1.807) is 0 Å². The third kappa shape index (κ3) is 6.55. The maximum absolute atomic E-state index is 12.1. The van der Waals surface area contributed by atoms with Gasteiger partial charge in [-0.15, -0.1) is 0 Å². The van der Waals surface area contributed by atoms with Gasteiger partial charge in [0.05, 0.1) is 7.98 Å². The summed E-state index contributed by atoms with van der Waals surface area (Å²) in [5, 5.41) is 4.77. The van der Waals surface area contributed by atoms with Crippen LogP contribution in [-0.2, 0) is 23.8 Å². The normalized spacial score (nSPS) is 14.3. The summed E-state index contributed by atoms with van der Waals surface area (Å²) in [5.41, 5.74) is 4.44. The Morgan fingerprint density at radius 3 is 2.27 bits per heavy atom. The van der Waals surface area contributed by atoms with Crippen LogP contribution < -0.4 is 10.6 Å². The van der Waals surface area contributed by atoms with Gasteiger partial charge < -0.3 is 24.8 Å². The second-order valence-electron chi connectivity index (χ2n) is 7.61. The van der Waals surface area contributed by atoms with Crippen molar-refractivity contribution in [2.75, 3.05) is 26.5 Å². The van der Waals surface area contributed by atoms with E-state index in [0.717, 1.165) is 28.7 Å². The minimum Gasteiger partial charge on any atom is -0.464 e. The highest BCUT2D eigenvalue weighted by Crippen LogP contribution is 2.44. The smallest absolute Gasteiger partial charge is 0.407 e. The Bertz CT molecular complexity index is 980. The lowest BCUT2D eigenvalue weighted by Crippen LogP contribution is -2.39. The summed E-state index contributed by atoms with van der Waals surface area (Å²) in [7, 11) is 0. The van der Waals surface area contributed by atoms with Gasteiger partial charge in [0, 0.05) is 5.92 Å². The van der Waals surface area contributed by atoms with Crippen LogP contribution in [0.15, 0.2) is 48.5 Å². The molecule has 33 heavy (non-hydrogen) atoms. The maximum atomic E-state index is 12.1. The number of hydrogen-bond donors (Lipinski definition) is 2. The fraction of sp³-hybridized carbons (Fsp3) is 0.400. The average molecular weight is 456 g/mol. The quantitative estimate of drug-likeness (QED) is 0.306. The third-order valence-electron chi connectivity index (χ3n) is 5.31. The van der Waals surface area contributed by atoms with Gasteiger partial charge in [-0.05, 0) is 35.6 Å². The zero-order chi connectivity index (χ0) is 24.6. The van der Waals surface area contributed by atoms with Crippen molar-refractivity contribution in [2.24, 2.45) is 0 Å². The monoisotopic (exact) mass is 455 g/mol. The van der Waals surface area contributed by atoms with E-state index in [1.165, 1.54) is 6.92 Å². The first-order chi connectivity index (χ1) is 16.3. The van der Waals surface area contributed by atoms with Crippen LogP contribution in [0.4, 0.5) is 4.79 Å². The first-order valence-electron chi connectivity index (χ1n) is 11.5. The zero-order valence-corrected chi connectivity index (χ0v) is 18.9. The SMILES string of the molecule is [2H]C(C)(OCNC(=O)CNC(=O)OCC1c2ccccc2-c2ccccc21)C(=O)OCCCC. The minimum atomic E-state index is -1.94. The lowest BCUT2D eigenvalue weighted by molar-refractivity contribution is -0.157. The molecule has 2 amide bonds. The van der Waals surface area contributed by atoms with Crippen molar-refractivity contribution in [1.82, 2.24) is 10.6 Å². The Morgan fingerprint density at radius 2 is 1.64 bits per heavy atom. The molecule has 8 heteroatoms. The van der Waals surface area contributed by atoms with Crippen molar-refractivity contribution in [3.8, 4) is 11.1 Å². The van der Waals surface area contributed by atoms with Gasteiger partial charge in [0.1, 0.15) is 19.9 Å². The van der Waals surface area contributed by atoms with Crippen LogP contribution >= 0.6 is 0 Å². The van der Waals surface area contributed by atoms with Crippen molar-refractivity contribution in [3.05, 3.63) is 59.7 Å². The highest BCUT2D eigenvalue weighted by molar-refractivity contribution is 5.82. The maximum Gasteiger partial charge on any atom is 0.407 e. The molecule has 1 aliphatic rings. The van der Waals surface area contributed by atoms with Gasteiger partial charge in [-0.3, -0.25) is 4.79 Å². The number of amides is 2. The van der Waals surface area contributed by atoms with Crippen molar-refractivity contribution >= 4 is 18.0 Å². The summed E-state index contributed by atoms with van der Waals surface area (Å²) in [6.45, 7) is 2.83. The zero-order valence-electron chi connectivity index (χ0n) is 19.9. The number of ether oxygens (including phenoxy) is 3. The van der Waals surface area contributed by atoms with Gasteiger partial charge in [-0.1, -0.05) is 61.9 Å². The summed E-state index contributed by atoms with van der Waals surface area (Å²) < 4.78 is 23.3. The molecule has 1 unspecified atom stereocenters. The highest BCUT2D eigenvalue weighted by atomic mass is 16.6. The molecule has 0 saturated heterocycles. The third-order valence-corrected chi connectivity index (χ3v) is 5.31. The number of alkyl carbamates (subject to hydrolysis) is 1. The molecule has 0 aliphatic heterocycles. The number of benzene rings is 2. The molecule has 0 saturated carbocycles. The molecule has 2 N–H and O–H groups in total. The fourth-order valence-corrected chi connectivity index (χ4v) is 3.56. The van der Waals surface area contributed by atoms with Gasteiger partial charge in [0.25, 0.3) is 0 Å². The van der Waals surface area contributed by atoms with E-state index in [4.69, 9.17) is 15.6 Å². The van der Waals surface area contributed by atoms with Crippen molar-refractivity contribution in [1.29, 1.82) is 0 Å². The molecule has 0 radical (unpaired) electrons. The number of nitrogens with one attached hydrogen (secondary N) is 2. The second-order valence-corrected chi connectivity index (χ2v) is 7.61. The summed E-state index contributed by atoms with van der Waals surface area (Å²) in [6.07, 6.45) is -1.11. The largest absolute Gasteiger partial charge is 0.464 e. The van der Waals surface area contributed by atoms with Crippen molar-refractivity contribution in [2.45, 2.75) is 38.7 Å². The predicted molar refractivity (Wildman–Crippen MR) is 122 cm³/mol. The predicted octanol–water partition coefficient (Wildman–Crippen LogP) is 3.35. The van der Waals surface area contributed by atoms with Crippen LogP contribution in [0.3, 0.4) is 0 Å². The molecule has 0 spiro atoms. The van der Waals surface area contributed by atoms with Crippen LogP contribution in [0.5, 0.6) is 0 Å². The van der Waals surface area contributed by atoms with E-state index in [9.17, 15) is 14.4 Å². The molecule has 0 aromatic heterocycles. The number of esters is 1. The topological polar surface area (TPSA) is 103 Å². The molecule has 2 aromatic carbocycles. The van der Waals surface area contributed by atoms with E-state index < -0.39 is 24.0 Å². The number of rotatable bonds is 11. The lowest BCUT2D eigenvalue weighted by atomic mass is 9.98. The fourth-order valence-electron chi connectivity index (χ4n) is 3.56. The van der Waals surface area contributed by atoms with Crippen LogP contribution in [0.1, 0.15) is 45.1 Å². The molecule has 2 aromatic rings. The molecule has 3 rings (SSSR count). The van der Waals surface area contributed by atoms with Crippen LogP contribution in [0, 0.1) is 0 Å². The van der Waals surface area contributed by atoms with Crippen molar-refractivity contribution in [3.63, 3.8) is 0 Å². The van der Waals surface area contributed by atoms with Crippen LogP contribution in [0.2, 0.25) is 0 Å². The molecular weight excluding hydrogens is 424 g/mol. The summed E-state index contributed by atoms with van der Waals surface area (Å²) in [5.74, 6) is -1.46. The first-order valence-corrected chi connectivity index (χ1v) is 11.0. The number of unbranched alkanes of at least 4 members (excludes halogenated alkanes) is 1. The number of carbonyl (C=O) groups is 3. The Morgan fingerprint density at radius 1 is 1.00 bits per heavy atom. The Hall–Kier alpha value is -3.39. The van der Waals surface area contributed by atoms with Gasteiger partial charge in [0.15, 0.2) is 6.08 Å². The van der Waals surface area contributed by atoms with E-state index >= 15 is 0 Å². The van der Waals surface area contributed by atoms with Gasteiger partial charge in [-0.25, -0.2) is 9.59 Å². The van der Waals surface area contributed by atoms with Gasteiger partial charge >= 0.3 is 12.1 Å². The summed E-state index contributed by atoms with van der Waals surface area (Å²) >= 11 is 0. The standard InChI is InChI=1S/C25H30N2O6/c1-3-4-13-31-24(29)17(2)33-16-27-23(28)14-26-25(30)32-15-22-20-11-7-5-9-18(20)19-10-6-8-12-21(19)22/h5-12,17,22H,3-4,13-16H2,1-2H3,(H,26,30)(H,27,28)/i17D. The van der Waals surface area contributed by atoms with E-state index in [2.05, 4.69) is 10.6 Å². The van der Waals surface area contributed by atoms with Gasteiger partial charge in [-0.2, -0.15) is 0 Å². The molecule has 176 valence electrons. The summed E-state index contributed by atoms with van der Waals surface area (Å²) in [4.78, 5) is 35.9. The molecular formula is C25H30N2O6. The Kier molecular flexibility index (Phi) is 8.30. The van der Waals surface area contributed by atoms with Crippen LogP contribution in [-0.4, -0.2) is 50.5 Å². The molecule has 1 aliphatic carbocycles. The molecule has 0 heterocycles. The van der Waals surface area contributed by atoms with Crippen molar-refractivity contribution < 1.29 is 30.0 Å². The average Bonchev–Trinajstić information content (AvgIpc) is 3.15. The van der Waals surface area contributed by atoms with Gasteiger partial charge in [0.2, 0.25) is 5.91 Å². The summed E-state index contributed by atoms with van der Waals surface area (Å²) in [6, 6.07) is 16.0. The van der Waals surface area contributed by atoms with E-state index in [1.807, 2.05) is 55.5 Å². The molecule has 0 fully saturated rings. The lowest BCUT2D eigenvalue weighted by Gasteiger charge is -2.15. The van der Waals surface area contributed by atoms with E-state index in [0.29, 0.717) is 6.42 Å². The van der Waals surface area contributed by atoms with E-state index in [-0.39, 0.29) is 32.4 Å². The number of hydrogen-bond acceptors (Lipinski definition) is 6. The molecule has 0 bridgehead atoms. The molecule has 8 nitrogen and oxygen atoms in total. The highest BCUT2D eigenvalue weighted by Gasteiger charge is 2.29. The number of carbonyl (C=O) groups excluding carboxylic acids is 3. The second kappa shape index (κ2) is 12.0. The Labute approximate surface area is 195 Å². The Balaban J connectivity index is 1.39. The number of fused-ring (bicyclic) bond motifs is 3. The van der Waals surface area contributed by atoms with Crippen LogP contribution in [0.25, 0.3) is 11.1 Å². The molecule has 1 atom stereocenters. The minimum absolute atomic E-state index is 0.0767.